The Bertz CT molecular complexity index is 1200. The van der Waals surface area contributed by atoms with E-state index in [1.807, 2.05) is 31.1 Å². The van der Waals surface area contributed by atoms with Gasteiger partial charge in [0.2, 0.25) is 0 Å². The van der Waals surface area contributed by atoms with E-state index in [0.29, 0.717) is 17.8 Å². The van der Waals surface area contributed by atoms with Crippen molar-refractivity contribution in [2.45, 2.75) is 58.5 Å². The van der Waals surface area contributed by atoms with Gasteiger partial charge in [0, 0.05) is 64.3 Å². The number of unbranched alkanes of at least 4 members (excludes halogenated alkanes) is 5. The molecule has 1 heterocycles. The Morgan fingerprint density at radius 2 is 1.55 bits per heavy atom. The number of nitrogens with zero attached hydrogens (tertiary/aromatic N) is 5. The van der Waals surface area contributed by atoms with Crippen LogP contribution in [0.3, 0.4) is 0 Å². The molecule has 2 aromatic carbocycles. The molecule has 1 aromatic heterocycles. The van der Waals surface area contributed by atoms with E-state index in [0.717, 1.165) is 44.6 Å². The molecule has 1 N–H and O–H groups in total. The molecular weight excluding hydrogens is 474 g/mol. The first-order chi connectivity index (χ1) is 18.3. The number of aromatic hydroxyl groups is 1. The average molecular weight is 520 g/mol. The molecule has 0 atom stereocenters. The number of phenols is 1. The minimum absolute atomic E-state index is 0.104. The molecule has 7 heteroatoms. The summed E-state index contributed by atoms with van der Waals surface area (Å²) in [5, 5.41) is 14.9. The largest absolute Gasteiger partial charge is 0.507 e. The summed E-state index contributed by atoms with van der Waals surface area (Å²) < 4.78 is 1.53. The van der Waals surface area contributed by atoms with Gasteiger partial charge in [0.1, 0.15) is 5.75 Å². The zero-order chi connectivity index (χ0) is 27.5. The number of rotatable bonds is 15. The molecule has 7 nitrogen and oxygen atoms in total. The Hall–Kier alpha value is -3.32. The van der Waals surface area contributed by atoms with Crippen LogP contribution in [0.25, 0.3) is 11.3 Å². The van der Waals surface area contributed by atoms with Gasteiger partial charge in [0.25, 0.3) is 5.56 Å². The minimum Gasteiger partial charge on any atom is -0.507 e. The number of hydrogen-bond acceptors (Lipinski definition) is 6. The smallest absolute Gasteiger partial charge is 0.266 e. The Morgan fingerprint density at radius 3 is 2.26 bits per heavy atom. The molecule has 0 spiro atoms. The van der Waals surface area contributed by atoms with E-state index in [1.54, 1.807) is 18.2 Å². The molecular formula is C31H45N5O2. The van der Waals surface area contributed by atoms with Crippen molar-refractivity contribution in [3.05, 3.63) is 70.5 Å². The molecule has 0 saturated heterocycles. The molecule has 0 aliphatic rings. The van der Waals surface area contributed by atoms with Gasteiger partial charge in [-0.2, -0.15) is 5.10 Å². The van der Waals surface area contributed by atoms with E-state index >= 15 is 0 Å². The number of anilines is 2. The highest BCUT2D eigenvalue weighted by molar-refractivity contribution is 5.71. The van der Waals surface area contributed by atoms with Gasteiger partial charge in [-0.1, -0.05) is 50.8 Å². The minimum atomic E-state index is -0.104. The second-order valence-corrected chi connectivity index (χ2v) is 10.4. The van der Waals surface area contributed by atoms with Crippen LogP contribution in [0.1, 0.15) is 51.0 Å². The van der Waals surface area contributed by atoms with E-state index in [9.17, 15) is 9.90 Å². The SMILES string of the molecule is CCN(CCCCCCCCn1nc(-c2cc(N(C)C)ccc2O)ccc1=O)Cc1ccccc1N(C)C. The van der Waals surface area contributed by atoms with E-state index in [2.05, 4.69) is 60.2 Å². The van der Waals surface area contributed by atoms with Crippen molar-refractivity contribution in [3.8, 4) is 17.0 Å². The summed E-state index contributed by atoms with van der Waals surface area (Å²) in [4.78, 5) is 19.1. The van der Waals surface area contributed by atoms with Crippen LogP contribution in [0.15, 0.2) is 59.4 Å². The van der Waals surface area contributed by atoms with Crippen molar-refractivity contribution in [1.82, 2.24) is 14.7 Å². The highest BCUT2D eigenvalue weighted by atomic mass is 16.3. The Morgan fingerprint density at radius 1 is 0.842 bits per heavy atom. The normalized spacial score (nSPS) is 11.2. The van der Waals surface area contributed by atoms with Crippen molar-refractivity contribution in [2.75, 3.05) is 51.1 Å². The summed E-state index contributed by atoms with van der Waals surface area (Å²) in [6.45, 7) is 5.99. The molecule has 206 valence electrons. The fourth-order valence-corrected chi connectivity index (χ4v) is 4.73. The van der Waals surface area contributed by atoms with Crippen molar-refractivity contribution in [3.63, 3.8) is 0 Å². The van der Waals surface area contributed by atoms with E-state index in [-0.39, 0.29) is 11.3 Å². The maximum Gasteiger partial charge on any atom is 0.266 e. The summed E-state index contributed by atoms with van der Waals surface area (Å²) >= 11 is 0. The molecule has 0 bridgehead atoms. The molecule has 0 amide bonds. The van der Waals surface area contributed by atoms with Crippen molar-refractivity contribution < 1.29 is 5.11 Å². The third kappa shape index (κ3) is 8.35. The van der Waals surface area contributed by atoms with Crippen LogP contribution in [0, 0.1) is 0 Å². The highest BCUT2D eigenvalue weighted by Crippen LogP contribution is 2.31. The van der Waals surface area contributed by atoms with Crippen LogP contribution in [0.5, 0.6) is 5.75 Å². The van der Waals surface area contributed by atoms with Gasteiger partial charge in [-0.05, 0) is 61.8 Å². The number of hydrogen-bond donors (Lipinski definition) is 1. The first-order valence-corrected chi connectivity index (χ1v) is 13.9. The lowest BCUT2D eigenvalue weighted by atomic mass is 10.1. The lowest BCUT2D eigenvalue weighted by molar-refractivity contribution is 0.272. The maximum atomic E-state index is 12.4. The summed E-state index contributed by atoms with van der Waals surface area (Å²) in [6.07, 6.45) is 6.79. The predicted octanol–water partition coefficient (Wildman–Crippen LogP) is 5.61. The van der Waals surface area contributed by atoms with Crippen LogP contribution < -0.4 is 15.4 Å². The second kappa shape index (κ2) is 14.6. The molecule has 0 aliphatic heterocycles. The van der Waals surface area contributed by atoms with Crippen LogP contribution >= 0.6 is 0 Å². The lowest BCUT2D eigenvalue weighted by Crippen LogP contribution is -2.25. The van der Waals surface area contributed by atoms with Crippen molar-refractivity contribution in [2.24, 2.45) is 0 Å². The third-order valence-corrected chi connectivity index (χ3v) is 7.05. The summed E-state index contributed by atoms with van der Waals surface area (Å²) in [5.41, 5.74) is 4.79. The Kier molecular flexibility index (Phi) is 11.2. The quantitative estimate of drug-likeness (QED) is 0.263. The predicted molar refractivity (Wildman–Crippen MR) is 159 cm³/mol. The molecule has 0 aliphatic carbocycles. The van der Waals surface area contributed by atoms with E-state index in [4.69, 9.17) is 0 Å². The number of benzene rings is 2. The van der Waals surface area contributed by atoms with Crippen LogP contribution in [0.4, 0.5) is 11.4 Å². The van der Waals surface area contributed by atoms with Gasteiger partial charge in [0.05, 0.1) is 5.69 Å². The van der Waals surface area contributed by atoms with Gasteiger partial charge in [-0.25, -0.2) is 4.68 Å². The van der Waals surface area contributed by atoms with E-state index in [1.165, 1.54) is 35.2 Å². The number of para-hydroxylation sites is 1. The maximum absolute atomic E-state index is 12.4. The highest BCUT2D eigenvalue weighted by Gasteiger charge is 2.11. The fourth-order valence-electron chi connectivity index (χ4n) is 4.73. The molecule has 0 fully saturated rings. The summed E-state index contributed by atoms with van der Waals surface area (Å²) in [5.74, 6) is 0.164. The average Bonchev–Trinajstić information content (AvgIpc) is 2.90. The number of aromatic nitrogens is 2. The first kappa shape index (κ1) is 29.2. The standard InChI is InChI=1S/C31H45N5O2/c1-6-35(24-25-15-11-12-16-29(25)34(4)5)21-13-9-7-8-10-14-22-36-31(38)20-18-28(32-36)27-23-26(33(2)3)17-19-30(27)37/h11-12,15-20,23,37H,6-10,13-14,21-22,24H2,1-5H3. The van der Waals surface area contributed by atoms with Crippen LogP contribution in [-0.2, 0) is 13.1 Å². The molecule has 0 saturated carbocycles. The third-order valence-electron chi connectivity index (χ3n) is 7.05. The van der Waals surface area contributed by atoms with Gasteiger partial charge in [-0.15, -0.1) is 0 Å². The number of phenolic OH excluding ortho intramolecular Hbond substituents is 1. The fraction of sp³-hybridized carbons (Fsp3) is 0.484. The zero-order valence-electron chi connectivity index (χ0n) is 23.9. The van der Waals surface area contributed by atoms with Gasteiger partial charge >= 0.3 is 0 Å². The zero-order valence-corrected chi connectivity index (χ0v) is 23.9. The van der Waals surface area contributed by atoms with Crippen molar-refractivity contribution >= 4 is 11.4 Å². The Labute approximate surface area is 228 Å². The summed E-state index contributed by atoms with van der Waals surface area (Å²) in [7, 11) is 8.12. The topological polar surface area (TPSA) is 64.8 Å². The first-order valence-electron chi connectivity index (χ1n) is 13.9. The van der Waals surface area contributed by atoms with Crippen LogP contribution in [0.2, 0.25) is 0 Å². The summed E-state index contributed by atoms with van der Waals surface area (Å²) in [6, 6.07) is 17.3. The molecule has 3 aromatic rings. The van der Waals surface area contributed by atoms with Crippen LogP contribution in [-0.4, -0.2) is 61.1 Å². The molecule has 0 unspecified atom stereocenters. The van der Waals surface area contributed by atoms with E-state index < -0.39 is 0 Å². The van der Waals surface area contributed by atoms with Gasteiger partial charge < -0.3 is 14.9 Å². The second-order valence-electron chi connectivity index (χ2n) is 10.4. The van der Waals surface area contributed by atoms with Crippen molar-refractivity contribution in [1.29, 1.82) is 0 Å². The monoisotopic (exact) mass is 519 g/mol. The number of aryl methyl sites for hydroxylation is 1. The molecule has 3 rings (SSSR count). The molecule has 38 heavy (non-hydrogen) atoms. The lowest BCUT2D eigenvalue weighted by Gasteiger charge is -2.24. The Balaban J connectivity index is 1.41. The molecule has 0 radical (unpaired) electrons. The van der Waals surface area contributed by atoms with Gasteiger partial charge in [0.15, 0.2) is 0 Å². The van der Waals surface area contributed by atoms with Gasteiger partial charge in [-0.3, -0.25) is 9.69 Å².